The molecule has 0 aromatic carbocycles. The van der Waals surface area contributed by atoms with Crippen LogP contribution in [0.1, 0.15) is 18.5 Å². The molecule has 0 saturated carbocycles. The summed E-state index contributed by atoms with van der Waals surface area (Å²) in [5.74, 6) is 0.110. The number of pyridine rings is 1. The van der Waals surface area contributed by atoms with Crippen LogP contribution in [0.15, 0.2) is 30.5 Å². The van der Waals surface area contributed by atoms with Gasteiger partial charge in [0.15, 0.2) is 11.5 Å². The quantitative estimate of drug-likeness (QED) is 0.868. The number of nitrogens with one attached hydrogen (secondary N) is 1. The zero-order valence-corrected chi connectivity index (χ0v) is 13.7. The van der Waals surface area contributed by atoms with Gasteiger partial charge in [-0.25, -0.2) is 14.8 Å². The van der Waals surface area contributed by atoms with Gasteiger partial charge in [-0.15, -0.1) is 0 Å². The monoisotopic (exact) mass is 366 g/mol. The summed E-state index contributed by atoms with van der Waals surface area (Å²) >= 11 is 0. The lowest BCUT2D eigenvalue weighted by Crippen LogP contribution is -2.46. The van der Waals surface area contributed by atoms with Gasteiger partial charge in [0.05, 0.1) is 0 Å². The van der Waals surface area contributed by atoms with E-state index in [1.807, 2.05) is 0 Å². The number of aromatic nitrogens is 3. The number of carbonyl (C=O) groups excluding carboxylic acids is 1. The van der Waals surface area contributed by atoms with Crippen LogP contribution in [0.5, 0.6) is 0 Å². The van der Waals surface area contributed by atoms with Crippen molar-refractivity contribution in [2.75, 3.05) is 18.0 Å². The molecule has 2 aromatic heterocycles. The number of anilines is 1. The van der Waals surface area contributed by atoms with Crippen molar-refractivity contribution in [1.82, 2.24) is 20.3 Å². The topological polar surface area (TPSA) is 97.0 Å². The number of rotatable bonds is 3. The van der Waals surface area contributed by atoms with Crippen molar-refractivity contribution in [3.05, 3.63) is 36.2 Å². The predicted molar refractivity (Wildman–Crippen MR) is 88.2 cm³/mol. The van der Waals surface area contributed by atoms with E-state index in [2.05, 4.69) is 20.3 Å². The maximum atomic E-state index is 13.2. The molecular weight excluding hydrogens is 349 g/mol. The number of carbonyl (C=O) groups is 1. The second-order valence-electron chi connectivity index (χ2n) is 5.92. The Morgan fingerprint density at radius 1 is 1.23 bits per heavy atom. The number of hydrogen-bond donors (Lipinski definition) is 2. The number of alkyl halides is 3. The number of halogens is 3. The molecule has 7 nitrogen and oxygen atoms in total. The minimum Gasteiger partial charge on any atom is -0.356 e. The lowest BCUT2D eigenvalue weighted by molar-refractivity contribution is -0.141. The summed E-state index contributed by atoms with van der Waals surface area (Å²) < 4.78 is 39.7. The zero-order chi connectivity index (χ0) is 18.7. The average Bonchev–Trinajstić information content (AvgIpc) is 2.61. The van der Waals surface area contributed by atoms with E-state index in [0.29, 0.717) is 25.9 Å². The maximum Gasteiger partial charge on any atom is 0.433 e. The molecule has 3 rings (SSSR count). The molecule has 0 unspecified atom stereocenters. The Kier molecular flexibility index (Phi) is 4.92. The SMILES string of the molecule is NC(=O)NC1CCN(c2cc(C(F)(F)F)nc(-c3ccccn3)n2)CC1. The van der Waals surface area contributed by atoms with E-state index in [9.17, 15) is 18.0 Å². The fourth-order valence-electron chi connectivity index (χ4n) is 2.81. The molecule has 0 radical (unpaired) electrons. The number of nitrogens with two attached hydrogens (primary N) is 1. The van der Waals surface area contributed by atoms with Crippen LogP contribution < -0.4 is 16.0 Å². The van der Waals surface area contributed by atoms with E-state index in [1.165, 1.54) is 6.20 Å². The molecule has 1 aliphatic heterocycles. The number of primary amides is 1. The third-order valence-electron chi connectivity index (χ3n) is 4.06. The summed E-state index contributed by atoms with van der Waals surface area (Å²) in [4.78, 5) is 24.6. The molecule has 1 saturated heterocycles. The molecule has 3 heterocycles. The first-order valence-electron chi connectivity index (χ1n) is 8.01. The molecule has 0 atom stereocenters. The van der Waals surface area contributed by atoms with Crippen LogP contribution >= 0.6 is 0 Å². The van der Waals surface area contributed by atoms with Crippen molar-refractivity contribution in [3.8, 4) is 11.5 Å². The summed E-state index contributed by atoms with van der Waals surface area (Å²) in [6, 6.07) is 5.11. The van der Waals surface area contributed by atoms with Crippen molar-refractivity contribution in [1.29, 1.82) is 0 Å². The van der Waals surface area contributed by atoms with Gasteiger partial charge in [0, 0.05) is 31.4 Å². The number of piperidine rings is 1. The van der Waals surface area contributed by atoms with E-state index >= 15 is 0 Å². The lowest BCUT2D eigenvalue weighted by atomic mass is 10.1. The summed E-state index contributed by atoms with van der Waals surface area (Å²) in [5, 5.41) is 2.62. The van der Waals surface area contributed by atoms with Gasteiger partial charge >= 0.3 is 12.2 Å². The largest absolute Gasteiger partial charge is 0.433 e. The first-order valence-corrected chi connectivity index (χ1v) is 8.01. The summed E-state index contributed by atoms with van der Waals surface area (Å²) in [7, 11) is 0. The molecule has 0 bridgehead atoms. The Bertz CT molecular complexity index is 775. The van der Waals surface area contributed by atoms with Crippen molar-refractivity contribution in [2.24, 2.45) is 5.73 Å². The van der Waals surface area contributed by atoms with Crippen molar-refractivity contribution in [3.63, 3.8) is 0 Å². The highest BCUT2D eigenvalue weighted by molar-refractivity contribution is 5.72. The zero-order valence-electron chi connectivity index (χ0n) is 13.7. The third kappa shape index (κ3) is 4.19. The number of hydrogen-bond acceptors (Lipinski definition) is 5. The van der Waals surface area contributed by atoms with Crippen LogP contribution in [0.2, 0.25) is 0 Å². The molecule has 26 heavy (non-hydrogen) atoms. The molecule has 2 aromatic rings. The Hall–Kier alpha value is -2.91. The summed E-state index contributed by atoms with van der Waals surface area (Å²) in [6.07, 6.45) is -1.99. The van der Waals surface area contributed by atoms with Gasteiger partial charge in [0.2, 0.25) is 0 Å². The van der Waals surface area contributed by atoms with Gasteiger partial charge in [0.25, 0.3) is 0 Å². The Balaban J connectivity index is 1.88. The molecule has 10 heteroatoms. The highest BCUT2D eigenvalue weighted by Crippen LogP contribution is 2.32. The van der Waals surface area contributed by atoms with Crippen LogP contribution in [-0.2, 0) is 6.18 Å². The van der Waals surface area contributed by atoms with Crippen molar-refractivity contribution >= 4 is 11.8 Å². The first-order chi connectivity index (χ1) is 12.3. The normalized spacial score (nSPS) is 15.7. The van der Waals surface area contributed by atoms with Crippen LogP contribution in [-0.4, -0.2) is 40.1 Å². The van der Waals surface area contributed by atoms with Gasteiger partial charge in [-0.05, 0) is 25.0 Å². The average molecular weight is 366 g/mol. The smallest absolute Gasteiger partial charge is 0.356 e. The van der Waals surface area contributed by atoms with Crippen molar-refractivity contribution < 1.29 is 18.0 Å². The second-order valence-corrected chi connectivity index (χ2v) is 5.92. The Morgan fingerprint density at radius 2 is 1.96 bits per heavy atom. The van der Waals surface area contributed by atoms with Crippen LogP contribution in [0.4, 0.5) is 23.8 Å². The molecule has 0 spiro atoms. The van der Waals surface area contributed by atoms with Gasteiger partial charge in [-0.2, -0.15) is 13.2 Å². The van der Waals surface area contributed by atoms with Crippen LogP contribution in [0.3, 0.4) is 0 Å². The van der Waals surface area contributed by atoms with E-state index in [0.717, 1.165) is 6.07 Å². The highest BCUT2D eigenvalue weighted by Gasteiger charge is 2.35. The fraction of sp³-hybridized carbons (Fsp3) is 0.375. The predicted octanol–water partition coefficient (Wildman–Crippen LogP) is 2.19. The summed E-state index contributed by atoms with van der Waals surface area (Å²) in [5.41, 5.74) is 4.36. The van der Waals surface area contributed by atoms with Crippen molar-refractivity contribution in [2.45, 2.75) is 25.1 Å². The number of urea groups is 1. The summed E-state index contributed by atoms with van der Waals surface area (Å²) in [6.45, 7) is 0.891. The van der Waals surface area contributed by atoms with E-state index in [1.54, 1.807) is 23.1 Å². The molecule has 0 aliphatic carbocycles. The van der Waals surface area contributed by atoms with Crippen LogP contribution in [0, 0.1) is 0 Å². The van der Waals surface area contributed by atoms with E-state index < -0.39 is 17.9 Å². The van der Waals surface area contributed by atoms with Gasteiger partial charge in [-0.1, -0.05) is 6.07 Å². The lowest BCUT2D eigenvalue weighted by Gasteiger charge is -2.33. The fourth-order valence-corrected chi connectivity index (χ4v) is 2.81. The first kappa shape index (κ1) is 17.9. The Labute approximate surface area is 147 Å². The highest BCUT2D eigenvalue weighted by atomic mass is 19.4. The molecule has 138 valence electrons. The second kappa shape index (κ2) is 7.14. The maximum absolute atomic E-state index is 13.2. The Morgan fingerprint density at radius 3 is 2.54 bits per heavy atom. The third-order valence-corrected chi connectivity index (χ3v) is 4.06. The number of nitrogens with zero attached hydrogens (tertiary/aromatic N) is 4. The van der Waals surface area contributed by atoms with Crippen LogP contribution in [0.25, 0.3) is 11.5 Å². The minimum atomic E-state index is -4.59. The molecule has 2 amide bonds. The van der Waals surface area contributed by atoms with Gasteiger partial charge < -0.3 is 16.0 Å². The molecule has 3 N–H and O–H groups in total. The molecule has 1 fully saturated rings. The molecule has 1 aliphatic rings. The minimum absolute atomic E-state index is 0.0761. The van der Waals surface area contributed by atoms with Gasteiger partial charge in [-0.3, -0.25) is 4.98 Å². The standard InChI is InChI=1S/C16H17F3N6O/c17-16(18,19)12-9-13(24-14(23-12)11-3-1-2-6-21-11)25-7-4-10(5-8-25)22-15(20)26/h1-3,6,9-10H,4-5,7-8H2,(H3,20,22,26). The van der Waals surface area contributed by atoms with E-state index in [4.69, 9.17) is 5.73 Å². The molecular formula is C16H17F3N6O. The van der Waals surface area contributed by atoms with E-state index in [-0.39, 0.29) is 23.4 Å². The number of amides is 2. The van der Waals surface area contributed by atoms with Gasteiger partial charge in [0.1, 0.15) is 11.5 Å².